The molecule has 3 N–H and O–H groups in total. The van der Waals surface area contributed by atoms with Gasteiger partial charge in [0.1, 0.15) is 0 Å². The summed E-state index contributed by atoms with van der Waals surface area (Å²) in [6, 6.07) is 0. The molecule has 0 bridgehead atoms. The van der Waals surface area contributed by atoms with Gasteiger partial charge in [-0.15, -0.1) is 12.4 Å². The molecule has 2 unspecified atom stereocenters. The maximum absolute atomic E-state index is 9.06. The molecule has 0 saturated heterocycles. The molecule has 0 saturated carbocycles. The van der Waals surface area contributed by atoms with Crippen LogP contribution in [0.4, 0.5) is 0 Å². The molecule has 0 heterocycles. The minimum absolute atomic E-state index is 0. The van der Waals surface area contributed by atoms with Crippen molar-refractivity contribution < 1.29 is 15.3 Å². The topological polar surface area (TPSA) is 63.9 Å². The number of hydrogen-bond acceptors (Lipinski definition) is 4. The van der Waals surface area contributed by atoms with Crippen LogP contribution in [0.1, 0.15) is 13.8 Å². The molecule has 13 heavy (non-hydrogen) atoms. The second-order valence-corrected chi connectivity index (χ2v) is 3.18. The van der Waals surface area contributed by atoms with Gasteiger partial charge in [0.15, 0.2) is 0 Å². The second kappa shape index (κ2) is 8.72. The van der Waals surface area contributed by atoms with E-state index >= 15 is 0 Å². The fraction of sp³-hybridized carbons (Fsp3) is 1.00. The predicted octanol–water partition coefficient (Wildman–Crippen LogP) is -0.536. The van der Waals surface area contributed by atoms with Crippen LogP contribution in [0.5, 0.6) is 0 Å². The first-order valence-corrected chi connectivity index (χ1v) is 4.25. The summed E-state index contributed by atoms with van der Waals surface area (Å²) in [6.45, 7) is 4.91. The summed E-state index contributed by atoms with van der Waals surface area (Å²) in [4.78, 5) is 1.83. The van der Waals surface area contributed by atoms with Crippen molar-refractivity contribution in [2.24, 2.45) is 0 Å². The molecule has 0 radical (unpaired) electrons. The first-order valence-electron chi connectivity index (χ1n) is 4.25. The van der Waals surface area contributed by atoms with E-state index in [2.05, 4.69) is 0 Å². The van der Waals surface area contributed by atoms with Gasteiger partial charge < -0.3 is 15.3 Å². The highest BCUT2D eigenvalue weighted by Crippen LogP contribution is 1.94. The molecule has 0 aliphatic carbocycles. The summed E-state index contributed by atoms with van der Waals surface area (Å²) in [6.07, 6.45) is -0.842. The van der Waals surface area contributed by atoms with Crippen molar-refractivity contribution in [1.82, 2.24) is 4.90 Å². The molecule has 5 heteroatoms. The zero-order valence-electron chi connectivity index (χ0n) is 8.18. The number of aliphatic hydroxyl groups is 3. The summed E-state index contributed by atoms with van der Waals surface area (Å²) in [7, 11) is 0. The molecule has 0 aliphatic rings. The quantitative estimate of drug-likeness (QED) is 0.555. The van der Waals surface area contributed by atoms with E-state index in [4.69, 9.17) is 15.3 Å². The van der Waals surface area contributed by atoms with E-state index in [0.717, 1.165) is 0 Å². The van der Waals surface area contributed by atoms with Crippen LogP contribution in [-0.2, 0) is 0 Å². The summed E-state index contributed by atoms with van der Waals surface area (Å²) < 4.78 is 0. The molecule has 0 aromatic carbocycles. The van der Waals surface area contributed by atoms with E-state index in [0.29, 0.717) is 19.6 Å². The van der Waals surface area contributed by atoms with Crippen molar-refractivity contribution in [3.05, 3.63) is 0 Å². The number of hydrogen-bond donors (Lipinski definition) is 3. The van der Waals surface area contributed by atoms with Crippen molar-refractivity contribution in [2.45, 2.75) is 26.1 Å². The lowest BCUT2D eigenvalue weighted by molar-refractivity contribution is 0.0725. The van der Waals surface area contributed by atoms with Crippen LogP contribution in [0, 0.1) is 0 Å². The van der Waals surface area contributed by atoms with Crippen LogP contribution >= 0.6 is 12.4 Å². The van der Waals surface area contributed by atoms with Crippen molar-refractivity contribution in [3.8, 4) is 0 Å². The van der Waals surface area contributed by atoms with Crippen molar-refractivity contribution in [1.29, 1.82) is 0 Å². The summed E-state index contributed by atoms with van der Waals surface area (Å²) in [5.41, 5.74) is 0. The zero-order chi connectivity index (χ0) is 9.56. The fourth-order valence-corrected chi connectivity index (χ4v) is 1.15. The van der Waals surface area contributed by atoms with Gasteiger partial charge in [-0.2, -0.15) is 0 Å². The van der Waals surface area contributed by atoms with Gasteiger partial charge >= 0.3 is 0 Å². The Balaban J connectivity index is 0. The van der Waals surface area contributed by atoms with Gasteiger partial charge in [0.25, 0.3) is 0 Å². The van der Waals surface area contributed by atoms with Crippen LogP contribution in [0.2, 0.25) is 0 Å². The molecule has 0 rings (SSSR count). The minimum Gasteiger partial charge on any atom is -0.395 e. The van der Waals surface area contributed by atoms with E-state index in [1.54, 1.807) is 13.8 Å². The van der Waals surface area contributed by atoms with Crippen LogP contribution in [0.3, 0.4) is 0 Å². The Labute approximate surface area is 85.6 Å². The Morgan fingerprint density at radius 3 is 1.69 bits per heavy atom. The van der Waals surface area contributed by atoms with Gasteiger partial charge in [-0.25, -0.2) is 0 Å². The minimum atomic E-state index is -0.421. The highest BCUT2D eigenvalue weighted by atomic mass is 35.5. The Morgan fingerprint density at radius 1 is 1.08 bits per heavy atom. The van der Waals surface area contributed by atoms with Crippen LogP contribution in [-0.4, -0.2) is 58.7 Å². The van der Waals surface area contributed by atoms with E-state index in [1.165, 1.54) is 0 Å². The zero-order valence-corrected chi connectivity index (χ0v) is 9.00. The van der Waals surface area contributed by atoms with Gasteiger partial charge in [0.2, 0.25) is 0 Å². The smallest absolute Gasteiger partial charge is 0.0639 e. The Hall–Kier alpha value is 0.130. The highest BCUT2D eigenvalue weighted by Gasteiger charge is 2.09. The SMILES string of the molecule is CC(O)CN(CCO)CC(C)O.Cl. The van der Waals surface area contributed by atoms with Crippen molar-refractivity contribution >= 4 is 12.4 Å². The number of halogens is 1. The summed E-state index contributed by atoms with van der Waals surface area (Å²) in [5, 5.41) is 26.8. The van der Waals surface area contributed by atoms with Gasteiger partial charge in [-0.05, 0) is 13.8 Å². The maximum Gasteiger partial charge on any atom is 0.0639 e. The fourth-order valence-electron chi connectivity index (χ4n) is 1.15. The molecule has 82 valence electrons. The third-order valence-corrected chi connectivity index (χ3v) is 1.46. The van der Waals surface area contributed by atoms with Crippen LogP contribution in [0.25, 0.3) is 0 Å². The lowest BCUT2D eigenvalue weighted by atomic mass is 10.3. The van der Waals surface area contributed by atoms with Crippen LogP contribution in [0.15, 0.2) is 0 Å². The molecular weight excluding hydrogens is 194 g/mol. The molecule has 2 atom stereocenters. The normalized spacial score (nSPS) is 15.2. The first-order chi connectivity index (χ1) is 5.56. The Morgan fingerprint density at radius 2 is 1.46 bits per heavy atom. The highest BCUT2D eigenvalue weighted by molar-refractivity contribution is 5.85. The number of nitrogens with zero attached hydrogens (tertiary/aromatic N) is 1. The third-order valence-electron chi connectivity index (χ3n) is 1.46. The van der Waals surface area contributed by atoms with Crippen molar-refractivity contribution in [3.63, 3.8) is 0 Å². The third kappa shape index (κ3) is 10.0. The van der Waals surface area contributed by atoms with E-state index in [9.17, 15) is 0 Å². The molecule has 0 amide bonds. The van der Waals surface area contributed by atoms with E-state index in [-0.39, 0.29) is 19.0 Å². The second-order valence-electron chi connectivity index (χ2n) is 3.18. The predicted molar refractivity (Wildman–Crippen MR) is 54.1 cm³/mol. The largest absolute Gasteiger partial charge is 0.395 e. The maximum atomic E-state index is 9.06. The van der Waals surface area contributed by atoms with Gasteiger partial charge in [-0.1, -0.05) is 0 Å². The summed E-state index contributed by atoms with van der Waals surface area (Å²) in [5.74, 6) is 0. The average Bonchev–Trinajstić information content (AvgIpc) is 1.84. The average molecular weight is 214 g/mol. The lowest BCUT2D eigenvalue weighted by Gasteiger charge is -2.23. The Bertz CT molecular complexity index is 102. The van der Waals surface area contributed by atoms with Crippen LogP contribution < -0.4 is 0 Å². The van der Waals surface area contributed by atoms with Crippen molar-refractivity contribution in [2.75, 3.05) is 26.2 Å². The standard InChI is InChI=1S/C8H19NO3.ClH/c1-7(11)5-9(3-4-10)6-8(2)12;/h7-8,10-12H,3-6H2,1-2H3;1H. The summed E-state index contributed by atoms with van der Waals surface area (Å²) >= 11 is 0. The number of rotatable bonds is 6. The molecule has 4 nitrogen and oxygen atoms in total. The molecule has 0 aromatic rings. The van der Waals surface area contributed by atoms with Gasteiger partial charge in [0, 0.05) is 19.6 Å². The van der Waals surface area contributed by atoms with E-state index < -0.39 is 12.2 Å². The van der Waals surface area contributed by atoms with E-state index in [1.807, 2.05) is 4.90 Å². The van der Waals surface area contributed by atoms with Gasteiger partial charge in [-0.3, -0.25) is 4.90 Å². The Kier molecular flexibility index (Phi) is 10.5. The monoisotopic (exact) mass is 213 g/mol. The van der Waals surface area contributed by atoms with Gasteiger partial charge in [0.05, 0.1) is 18.8 Å². The molecule has 0 fully saturated rings. The molecular formula is C8H20ClNO3. The molecule has 0 aliphatic heterocycles. The molecule has 0 spiro atoms. The number of aliphatic hydroxyl groups excluding tert-OH is 3. The lowest BCUT2D eigenvalue weighted by Crippen LogP contribution is -2.38. The first kappa shape index (κ1) is 15.6. The molecule has 0 aromatic heterocycles.